The number of likely N-dealkylation sites (tertiary alicyclic amines) is 1. The minimum atomic E-state index is -4.15. The Kier molecular flexibility index (Phi) is 8.93. The van der Waals surface area contributed by atoms with Gasteiger partial charge in [0.15, 0.2) is 11.6 Å². The minimum Gasteiger partial charge on any atom is -0.357 e. The summed E-state index contributed by atoms with van der Waals surface area (Å²) in [6.07, 6.45) is 0.00589. The first-order chi connectivity index (χ1) is 13.4. The van der Waals surface area contributed by atoms with Crippen molar-refractivity contribution >= 4 is 35.6 Å². The number of fused-ring (bicyclic) bond motifs is 1. The van der Waals surface area contributed by atoms with Crippen LogP contribution in [0.3, 0.4) is 0 Å². The Balaban J connectivity index is 0.00000300. The summed E-state index contributed by atoms with van der Waals surface area (Å²) in [5.74, 6) is 1.54. The van der Waals surface area contributed by atoms with Gasteiger partial charge in [0, 0.05) is 44.8 Å². The van der Waals surface area contributed by atoms with Crippen molar-refractivity contribution in [2.75, 3.05) is 32.7 Å². The van der Waals surface area contributed by atoms with E-state index in [0.717, 1.165) is 24.3 Å². The number of aryl methyl sites for hydroxylation is 1. The molecule has 1 aliphatic rings. The Labute approximate surface area is 185 Å². The molecule has 2 aromatic heterocycles. The molecule has 2 N–H and O–H groups in total. The van der Waals surface area contributed by atoms with Crippen molar-refractivity contribution in [2.24, 2.45) is 4.99 Å². The van der Waals surface area contributed by atoms with E-state index in [-0.39, 0.29) is 30.0 Å². The van der Waals surface area contributed by atoms with Gasteiger partial charge in [0.25, 0.3) is 0 Å². The zero-order valence-electron chi connectivity index (χ0n) is 16.3. The molecule has 3 rings (SSSR count). The Hall–Kier alpha value is -1.63. The summed E-state index contributed by atoms with van der Waals surface area (Å²) in [6, 6.07) is 5.74. The monoisotopic (exact) mass is 525 g/mol. The quantitative estimate of drug-likeness (QED) is 0.252. The maximum absolute atomic E-state index is 12.5. The van der Waals surface area contributed by atoms with Crippen molar-refractivity contribution < 1.29 is 13.2 Å². The molecule has 7 nitrogen and oxygen atoms in total. The SMILES string of the molecule is CCNC(=NCCCc1nnc2ccccn12)NC1CCN(CC(F)(F)F)C1.I. The molecule has 3 heterocycles. The lowest BCUT2D eigenvalue weighted by molar-refractivity contribution is -0.143. The molecule has 2 aromatic rings. The van der Waals surface area contributed by atoms with Crippen LogP contribution < -0.4 is 10.6 Å². The lowest BCUT2D eigenvalue weighted by Crippen LogP contribution is -2.45. The maximum atomic E-state index is 12.5. The molecule has 0 aliphatic carbocycles. The fourth-order valence-electron chi connectivity index (χ4n) is 3.35. The van der Waals surface area contributed by atoms with Crippen LogP contribution in [0.15, 0.2) is 29.4 Å². The second-order valence-corrected chi connectivity index (χ2v) is 6.89. The van der Waals surface area contributed by atoms with Crippen LogP contribution in [0, 0.1) is 0 Å². The van der Waals surface area contributed by atoms with Gasteiger partial charge in [-0.15, -0.1) is 34.2 Å². The molecule has 0 radical (unpaired) electrons. The molecule has 162 valence electrons. The van der Waals surface area contributed by atoms with E-state index in [9.17, 15) is 13.2 Å². The van der Waals surface area contributed by atoms with Crippen molar-refractivity contribution in [3.63, 3.8) is 0 Å². The van der Waals surface area contributed by atoms with Gasteiger partial charge in [-0.05, 0) is 31.9 Å². The maximum Gasteiger partial charge on any atom is 0.401 e. The first kappa shape index (κ1) is 23.6. The van der Waals surface area contributed by atoms with Crippen LogP contribution in [0.4, 0.5) is 13.2 Å². The molecule has 0 bridgehead atoms. The summed E-state index contributed by atoms with van der Waals surface area (Å²) < 4.78 is 39.5. The zero-order valence-corrected chi connectivity index (χ0v) is 18.7. The summed E-state index contributed by atoms with van der Waals surface area (Å²) in [4.78, 5) is 5.98. The molecule has 1 atom stereocenters. The number of pyridine rings is 1. The number of nitrogens with one attached hydrogen (secondary N) is 2. The number of hydrogen-bond acceptors (Lipinski definition) is 4. The third kappa shape index (κ3) is 7.28. The van der Waals surface area contributed by atoms with E-state index in [0.29, 0.717) is 38.6 Å². The van der Waals surface area contributed by atoms with E-state index in [1.807, 2.05) is 35.7 Å². The average Bonchev–Trinajstić information content (AvgIpc) is 3.24. The third-order valence-corrected chi connectivity index (χ3v) is 4.57. The largest absolute Gasteiger partial charge is 0.401 e. The van der Waals surface area contributed by atoms with Crippen LogP contribution in [-0.4, -0.2) is 70.4 Å². The lowest BCUT2D eigenvalue weighted by Gasteiger charge is -2.19. The Morgan fingerprint density at radius 2 is 2.14 bits per heavy atom. The number of guanidine groups is 1. The fraction of sp³-hybridized carbons (Fsp3) is 0.611. The van der Waals surface area contributed by atoms with Gasteiger partial charge < -0.3 is 10.6 Å². The summed E-state index contributed by atoms with van der Waals surface area (Å²) in [6.45, 7) is 3.21. The van der Waals surface area contributed by atoms with E-state index in [2.05, 4.69) is 25.8 Å². The van der Waals surface area contributed by atoms with Crippen molar-refractivity contribution in [2.45, 2.75) is 38.4 Å². The first-order valence-electron chi connectivity index (χ1n) is 9.57. The number of aliphatic imine (C=N–C) groups is 1. The highest BCUT2D eigenvalue weighted by Crippen LogP contribution is 2.19. The van der Waals surface area contributed by atoms with Gasteiger partial charge in [-0.1, -0.05) is 6.07 Å². The smallest absolute Gasteiger partial charge is 0.357 e. The lowest BCUT2D eigenvalue weighted by atomic mass is 10.3. The standard InChI is InChI=1S/C18H26F3N7.HI/c1-2-22-17(24-14-8-11-27(12-14)13-18(19,20)21)23-9-5-7-16-26-25-15-6-3-4-10-28(15)16;/h3-4,6,10,14H,2,5,7-9,11-13H2,1H3,(H2,22,23,24);1H. The fourth-order valence-corrected chi connectivity index (χ4v) is 3.35. The Morgan fingerprint density at radius 3 is 2.90 bits per heavy atom. The molecule has 0 spiro atoms. The number of hydrogen-bond donors (Lipinski definition) is 2. The van der Waals surface area contributed by atoms with Crippen molar-refractivity contribution in [3.8, 4) is 0 Å². The van der Waals surface area contributed by atoms with Gasteiger partial charge >= 0.3 is 6.18 Å². The van der Waals surface area contributed by atoms with E-state index in [1.165, 1.54) is 4.90 Å². The number of nitrogens with zero attached hydrogens (tertiary/aromatic N) is 5. The molecule has 0 aromatic carbocycles. The van der Waals surface area contributed by atoms with Crippen molar-refractivity contribution in [3.05, 3.63) is 30.2 Å². The van der Waals surface area contributed by atoms with Gasteiger partial charge in [0.05, 0.1) is 6.54 Å². The molecule has 0 saturated carbocycles. The van der Waals surface area contributed by atoms with E-state index >= 15 is 0 Å². The molecular weight excluding hydrogens is 498 g/mol. The third-order valence-electron chi connectivity index (χ3n) is 4.57. The number of aromatic nitrogens is 3. The molecule has 1 aliphatic heterocycles. The van der Waals surface area contributed by atoms with Gasteiger partial charge in [-0.25, -0.2) is 0 Å². The highest BCUT2D eigenvalue weighted by molar-refractivity contribution is 14.0. The van der Waals surface area contributed by atoms with E-state index in [4.69, 9.17) is 0 Å². The highest BCUT2D eigenvalue weighted by atomic mass is 127. The number of halogens is 4. The van der Waals surface area contributed by atoms with Gasteiger partial charge in [0.2, 0.25) is 0 Å². The second kappa shape index (κ2) is 11.0. The summed E-state index contributed by atoms with van der Waals surface area (Å²) >= 11 is 0. The normalized spacial score (nSPS) is 18.1. The van der Waals surface area contributed by atoms with E-state index < -0.39 is 12.7 Å². The summed E-state index contributed by atoms with van der Waals surface area (Å²) in [7, 11) is 0. The molecular formula is C18H27F3IN7. The Bertz CT molecular complexity index is 793. The van der Waals surface area contributed by atoms with Crippen molar-refractivity contribution in [1.82, 2.24) is 30.1 Å². The average molecular weight is 525 g/mol. The molecule has 1 unspecified atom stereocenters. The van der Waals surface area contributed by atoms with Crippen LogP contribution in [0.5, 0.6) is 0 Å². The van der Waals surface area contributed by atoms with Crippen molar-refractivity contribution in [1.29, 1.82) is 0 Å². The van der Waals surface area contributed by atoms with Crippen LogP contribution in [-0.2, 0) is 6.42 Å². The van der Waals surface area contributed by atoms with Gasteiger partial charge in [-0.3, -0.25) is 14.3 Å². The van der Waals surface area contributed by atoms with Gasteiger partial charge in [-0.2, -0.15) is 13.2 Å². The number of alkyl halides is 3. The molecule has 11 heteroatoms. The molecule has 1 saturated heterocycles. The predicted octanol–water partition coefficient (Wildman–Crippen LogP) is 2.47. The highest BCUT2D eigenvalue weighted by Gasteiger charge is 2.34. The predicted molar refractivity (Wildman–Crippen MR) is 117 cm³/mol. The van der Waals surface area contributed by atoms with Crippen LogP contribution >= 0.6 is 24.0 Å². The molecule has 0 amide bonds. The molecule has 29 heavy (non-hydrogen) atoms. The first-order valence-corrected chi connectivity index (χ1v) is 9.57. The Morgan fingerprint density at radius 1 is 1.31 bits per heavy atom. The zero-order chi connectivity index (χ0) is 20.0. The minimum absolute atomic E-state index is 0. The van der Waals surface area contributed by atoms with Gasteiger partial charge in [0.1, 0.15) is 5.82 Å². The summed E-state index contributed by atoms with van der Waals surface area (Å²) in [5, 5.41) is 14.7. The molecule has 1 fully saturated rings. The van der Waals surface area contributed by atoms with E-state index in [1.54, 1.807) is 0 Å². The summed E-state index contributed by atoms with van der Waals surface area (Å²) in [5.41, 5.74) is 0.820. The second-order valence-electron chi connectivity index (χ2n) is 6.89. The van der Waals surface area contributed by atoms with Crippen LogP contribution in [0.2, 0.25) is 0 Å². The van der Waals surface area contributed by atoms with Crippen LogP contribution in [0.1, 0.15) is 25.6 Å². The topological polar surface area (TPSA) is 69.8 Å². The number of rotatable bonds is 7. The van der Waals surface area contributed by atoms with Crippen LogP contribution in [0.25, 0.3) is 5.65 Å².